The van der Waals surface area contributed by atoms with Gasteiger partial charge in [-0.1, -0.05) is 26.0 Å². The van der Waals surface area contributed by atoms with E-state index in [4.69, 9.17) is 11.5 Å². The van der Waals surface area contributed by atoms with Gasteiger partial charge >= 0.3 is 6.03 Å². The number of carbonyl (C=O) groups excluding carboxylic acids is 2. The van der Waals surface area contributed by atoms with Crippen LogP contribution in [-0.2, 0) is 4.79 Å². The summed E-state index contributed by atoms with van der Waals surface area (Å²) in [5.41, 5.74) is 11.9. The Morgan fingerprint density at radius 1 is 1.18 bits per heavy atom. The largest absolute Gasteiger partial charge is 0.351 e. The smallest absolute Gasteiger partial charge is 0.316 e. The third-order valence-corrected chi connectivity index (χ3v) is 4.25. The van der Waals surface area contributed by atoms with Gasteiger partial charge in [-0.2, -0.15) is 0 Å². The van der Waals surface area contributed by atoms with Crippen molar-refractivity contribution in [2.75, 3.05) is 11.9 Å². The SMILES string of the molecule is CCC(CC)(CN)C(=O)NC(C)c1ccc(NC(N)=O)cc1. The van der Waals surface area contributed by atoms with Crippen LogP contribution in [0.4, 0.5) is 10.5 Å². The van der Waals surface area contributed by atoms with Crippen molar-refractivity contribution < 1.29 is 9.59 Å². The Hall–Kier alpha value is -2.08. The van der Waals surface area contributed by atoms with Crippen LogP contribution in [0.1, 0.15) is 45.2 Å². The molecule has 3 amide bonds. The van der Waals surface area contributed by atoms with Crippen molar-refractivity contribution in [3.63, 3.8) is 0 Å². The number of primary amides is 1. The highest BCUT2D eigenvalue weighted by Crippen LogP contribution is 2.26. The van der Waals surface area contributed by atoms with Crippen molar-refractivity contribution in [1.29, 1.82) is 0 Å². The van der Waals surface area contributed by atoms with Gasteiger partial charge in [0, 0.05) is 12.2 Å². The molecule has 0 saturated heterocycles. The van der Waals surface area contributed by atoms with Gasteiger partial charge in [0.2, 0.25) is 5.91 Å². The minimum absolute atomic E-state index is 0.0214. The summed E-state index contributed by atoms with van der Waals surface area (Å²) in [6, 6.07) is 6.44. The molecule has 6 nitrogen and oxygen atoms in total. The van der Waals surface area contributed by atoms with Gasteiger partial charge in [0.1, 0.15) is 0 Å². The number of amides is 3. The third kappa shape index (κ3) is 4.21. The van der Waals surface area contributed by atoms with Gasteiger partial charge < -0.3 is 22.1 Å². The minimum Gasteiger partial charge on any atom is -0.351 e. The molecule has 0 spiro atoms. The van der Waals surface area contributed by atoms with Gasteiger partial charge in [0.15, 0.2) is 0 Å². The summed E-state index contributed by atoms with van der Waals surface area (Å²) in [5, 5.41) is 5.52. The molecule has 1 atom stereocenters. The molecule has 0 fully saturated rings. The number of nitrogens with two attached hydrogens (primary N) is 2. The maximum absolute atomic E-state index is 12.5. The van der Waals surface area contributed by atoms with Crippen LogP contribution in [-0.4, -0.2) is 18.5 Å². The first-order chi connectivity index (χ1) is 10.4. The summed E-state index contributed by atoms with van der Waals surface area (Å²) in [7, 11) is 0. The molecule has 0 aliphatic heterocycles. The second-order valence-corrected chi connectivity index (χ2v) is 5.50. The van der Waals surface area contributed by atoms with E-state index in [1.165, 1.54) is 0 Å². The Kier molecular flexibility index (Phi) is 6.37. The lowest BCUT2D eigenvalue weighted by atomic mass is 9.81. The second kappa shape index (κ2) is 7.79. The number of hydrogen-bond acceptors (Lipinski definition) is 3. The van der Waals surface area contributed by atoms with Gasteiger partial charge in [0.05, 0.1) is 11.5 Å². The first-order valence-corrected chi connectivity index (χ1v) is 7.56. The van der Waals surface area contributed by atoms with E-state index in [0.29, 0.717) is 25.1 Å². The van der Waals surface area contributed by atoms with Crippen molar-refractivity contribution >= 4 is 17.6 Å². The van der Waals surface area contributed by atoms with E-state index in [0.717, 1.165) is 5.56 Å². The monoisotopic (exact) mass is 306 g/mol. The van der Waals surface area contributed by atoms with Crippen LogP contribution in [0.3, 0.4) is 0 Å². The maximum atomic E-state index is 12.5. The zero-order chi connectivity index (χ0) is 16.8. The van der Waals surface area contributed by atoms with Gasteiger partial charge in [-0.3, -0.25) is 4.79 Å². The Bertz CT molecular complexity index is 501. The molecule has 6 N–H and O–H groups in total. The fraction of sp³-hybridized carbons (Fsp3) is 0.500. The van der Waals surface area contributed by atoms with Crippen molar-refractivity contribution in [3.05, 3.63) is 29.8 Å². The quantitative estimate of drug-likeness (QED) is 0.619. The first-order valence-electron chi connectivity index (χ1n) is 7.56. The van der Waals surface area contributed by atoms with Crippen LogP contribution in [0.15, 0.2) is 24.3 Å². The zero-order valence-corrected chi connectivity index (χ0v) is 13.5. The number of anilines is 1. The lowest BCUT2D eigenvalue weighted by Gasteiger charge is -2.30. The van der Waals surface area contributed by atoms with Crippen LogP contribution in [0, 0.1) is 5.41 Å². The molecule has 22 heavy (non-hydrogen) atoms. The minimum atomic E-state index is -0.604. The second-order valence-electron chi connectivity index (χ2n) is 5.50. The molecule has 0 heterocycles. The molecule has 1 rings (SSSR count). The van der Waals surface area contributed by atoms with Crippen molar-refractivity contribution in [2.45, 2.75) is 39.7 Å². The summed E-state index contributed by atoms with van der Waals surface area (Å²) < 4.78 is 0. The van der Waals surface area contributed by atoms with Crippen LogP contribution in [0.2, 0.25) is 0 Å². The summed E-state index contributed by atoms with van der Waals surface area (Å²) in [6.07, 6.45) is 1.42. The molecule has 0 aromatic heterocycles. The molecule has 0 saturated carbocycles. The standard InChI is InChI=1S/C16H26N4O2/c1-4-16(5-2,10-17)14(21)19-11(3)12-6-8-13(9-7-12)20-15(18)22/h6-9,11H,4-5,10,17H2,1-3H3,(H,19,21)(H3,18,20,22). The predicted octanol–water partition coefficient (Wildman–Crippen LogP) is 2.12. The van der Waals surface area contributed by atoms with Crippen molar-refractivity contribution in [3.8, 4) is 0 Å². The number of benzene rings is 1. The average Bonchev–Trinajstić information content (AvgIpc) is 2.49. The van der Waals surface area contributed by atoms with Crippen LogP contribution < -0.4 is 22.1 Å². The summed E-state index contributed by atoms with van der Waals surface area (Å²) in [6.45, 7) is 6.21. The van der Waals surface area contributed by atoms with E-state index >= 15 is 0 Å². The molecule has 0 bridgehead atoms. The van der Waals surface area contributed by atoms with E-state index in [9.17, 15) is 9.59 Å². The molecule has 122 valence electrons. The highest BCUT2D eigenvalue weighted by molar-refractivity contribution is 5.87. The maximum Gasteiger partial charge on any atom is 0.316 e. The molecule has 0 aliphatic rings. The molecule has 1 unspecified atom stereocenters. The predicted molar refractivity (Wildman–Crippen MR) is 88.3 cm³/mol. The number of rotatable bonds is 7. The molecule has 0 aliphatic carbocycles. The number of urea groups is 1. The van der Waals surface area contributed by atoms with Gasteiger partial charge in [-0.05, 0) is 37.5 Å². The first kappa shape index (κ1) is 18.0. The van der Waals surface area contributed by atoms with Crippen LogP contribution in [0.25, 0.3) is 0 Å². The molecule has 0 radical (unpaired) electrons. The van der Waals surface area contributed by atoms with Crippen LogP contribution in [0.5, 0.6) is 0 Å². The third-order valence-electron chi connectivity index (χ3n) is 4.25. The van der Waals surface area contributed by atoms with Gasteiger partial charge in [-0.25, -0.2) is 4.79 Å². The molecular formula is C16H26N4O2. The summed E-state index contributed by atoms with van der Waals surface area (Å²) in [5.74, 6) is -0.0214. The van der Waals surface area contributed by atoms with Gasteiger partial charge in [-0.15, -0.1) is 0 Å². The van der Waals surface area contributed by atoms with E-state index in [-0.39, 0.29) is 11.9 Å². The lowest BCUT2D eigenvalue weighted by Crippen LogP contribution is -2.46. The summed E-state index contributed by atoms with van der Waals surface area (Å²) in [4.78, 5) is 23.3. The molecular weight excluding hydrogens is 280 g/mol. The number of nitrogens with one attached hydrogen (secondary N) is 2. The Morgan fingerprint density at radius 2 is 1.73 bits per heavy atom. The Labute approximate surface area is 131 Å². The lowest BCUT2D eigenvalue weighted by molar-refractivity contribution is -0.131. The number of carbonyl (C=O) groups is 2. The van der Waals surface area contributed by atoms with E-state index in [1.54, 1.807) is 12.1 Å². The highest BCUT2D eigenvalue weighted by Gasteiger charge is 2.33. The topological polar surface area (TPSA) is 110 Å². The Balaban J connectivity index is 2.78. The summed E-state index contributed by atoms with van der Waals surface area (Å²) >= 11 is 0. The Morgan fingerprint density at radius 3 is 2.14 bits per heavy atom. The fourth-order valence-electron chi connectivity index (χ4n) is 2.38. The molecule has 1 aromatic carbocycles. The molecule has 6 heteroatoms. The van der Waals surface area contributed by atoms with Gasteiger partial charge in [0.25, 0.3) is 0 Å². The fourth-order valence-corrected chi connectivity index (χ4v) is 2.38. The highest BCUT2D eigenvalue weighted by atomic mass is 16.2. The zero-order valence-electron chi connectivity index (χ0n) is 13.5. The van der Waals surface area contributed by atoms with Crippen molar-refractivity contribution in [1.82, 2.24) is 5.32 Å². The average molecular weight is 306 g/mol. The molecule has 1 aromatic rings. The van der Waals surface area contributed by atoms with Crippen molar-refractivity contribution in [2.24, 2.45) is 16.9 Å². The van der Waals surface area contributed by atoms with E-state index < -0.39 is 11.4 Å². The number of hydrogen-bond donors (Lipinski definition) is 4. The normalized spacial score (nSPS) is 12.5. The van der Waals surface area contributed by atoms with Crippen LogP contribution >= 0.6 is 0 Å². The van der Waals surface area contributed by atoms with E-state index in [1.807, 2.05) is 32.9 Å². The van der Waals surface area contributed by atoms with E-state index in [2.05, 4.69) is 10.6 Å².